The maximum atomic E-state index is 5.37. The summed E-state index contributed by atoms with van der Waals surface area (Å²) in [5.74, 6) is 1.91. The monoisotopic (exact) mass is 245 g/mol. The van der Waals surface area contributed by atoms with E-state index in [1.54, 1.807) is 7.11 Å². The Balaban J connectivity index is 1.80. The molecule has 0 radical (unpaired) electrons. The molecule has 1 aromatic carbocycles. The van der Waals surface area contributed by atoms with Crippen molar-refractivity contribution in [2.24, 2.45) is 5.92 Å². The molecule has 1 fully saturated rings. The maximum Gasteiger partial charge on any atom is 0.119 e. The van der Waals surface area contributed by atoms with Crippen LogP contribution in [0.25, 0.3) is 0 Å². The molecule has 2 nitrogen and oxygen atoms in total. The summed E-state index contributed by atoms with van der Waals surface area (Å²) in [4.78, 5) is 0. The van der Waals surface area contributed by atoms with Crippen LogP contribution in [0.2, 0.25) is 0 Å². The smallest absolute Gasteiger partial charge is 0.119 e. The largest absolute Gasteiger partial charge is 0.497 e. The Bertz CT molecular complexity index is 425. The van der Waals surface area contributed by atoms with Crippen LogP contribution in [0.3, 0.4) is 0 Å². The number of methoxy groups -OCH3 is 1. The molecule has 1 saturated carbocycles. The van der Waals surface area contributed by atoms with Gasteiger partial charge in [-0.1, -0.05) is 6.07 Å². The van der Waals surface area contributed by atoms with Gasteiger partial charge in [-0.05, 0) is 68.2 Å². The van der Waals surface area contributed by atoms with Gasteiger partial charge in [-0.25, -0.2) is 0 Å². The summed E-state index contributed by atoms with van der Waals surface area (Å²) in [6, 6.07) is 7.74. The van der Waals surface area contributed by atoms with Crippen molar-refractivity contribution < 1.29 is 4.74 Å². The third-order valence-electron chi connectivity index (χ3n) is 4.46. The van der Waals surface area contributed by atoms with Crippen LogP contribution in [0.15, 0.2) is 18.2 Å². The quantitative estimate of drug-likeness (QED) is 0.877. The van der Waals surface area contributed by atoms with E-state index in [2.05, 4.69) is 30.4 Å². The molecular formula is C16H23NO. The molecule has 0 heterocycles. The van der Waals surface area contributed by atoms with Crippen LogP contribution < -0.4 is 10.1 Å². The summed E-state index contributed by atoms with van der Waals surface area (Å²) in [6.07, 6.45) is 6.60. The molecule has 98 valence electrons. The Labute approximate surface area is 110 Å². The first-order valence-corrected chi connectivity index (χ1v) is 7.21. The third kappa shape index (κ3) is 2.39. The minimum atomic E-state index is 0.527. The summed E-state index contributed by atoms with van der Waals surface area (Å²) in [5, 5.41) is 3.83. The van der Waals surface area contributed by atoms with Gasteiger partial charge in [0.25, 0.3) is 0 Å². The van der Waals surface area contributed by atoms with Crippen LogP contribution >= 0.6 is 0 Å². The number of aryl methyl sites for hydroxylation is 1. The summed E-state index contributed by atoms with van der Waals surface area (Å²) in [7, 11) is 1.75. The van der Waals surface area contributed by atoms with Crippen molar-refractivity contribution in [3.63, 3.8) is 0 Å². The van der Waals surface area contributed by atoms with E-state index >= 15 is 0 Å². The van der Waals surface area contributed by atoms with Gasteiger partial charge in [-0.15, -0.1) is 0 Å². The van der Waals surface area contributed by atoms with Gasteiger partial charge in [0, 0.05) is 12.1 Å². The van der Waals surface area contributed by atoms with Crippen LogP contribution in [0.4, 0.5) is 0 Å². The zero-order valence-electron chi connectivity index (χ0n) is 11.4. The maximum absolute atomic E-state index is 5.37. The van der Waals surface area contributed by atoms with Gasteiger partial charge >= 0.3 is 0 Å². The molecule has 2 aliphatic rings. The zero-order chi connectivity index (χ0) is 12.5. The molecule has 1 aromatic rings. The van der Waals surface area contributed by atoms with Gasteiger partial charge in [-0.3, -0.25) is 0 Å². The lowest BCUT2D eigenvalue weighted by Gasteiger charge is -2.29. The van der Waals surface area contributed by atoms with E-state index in [4.69, 9.17) is 4.74 Å². The molecule has 3 rings (SSSR count). The van der Waals surface area contributed by atoms with Crippen LogP contribution in [0, 0.1) is 5.92 Å². The van der Waals surface area contributed by atoms with E-state index in [1.165, 1.54) is 43.2 Å². The second-order valence-electron chi connectivity index (χ2n) is 5.80. The highest BCUT2D eigenvalue weighted by atomic mass is 16.5. The molecule has 0 amide bonds. The molecule has 0 bridgehead atoms. The number of fused-ring (bicyclic) bond motifs is 1. The van der Waals surface area contributed by atoms with Gasteiger partial charge in [0.05, 0.1) is 7.11 Å². The molecule has 1 N–H and O–H groups in total. The molecular weight excluding hydrogens is 222 g/mol. The second kappa shape index (κ2) is 4.93. The SMILES string of the molecule is COc1ccc2c(c1)C(NC(C)C1CC1)CCC2. The van der Waals surface area contributed by atoms with Crippen LogP contribution in [-0.2, 0) is 6.42 Å². The first kappa shape index (κ1) is 12.0. The van der Waals surface area contributed by atoms with Crippen molar-refractivity contribution >= 4 is 0 Å². The third-order valence-corrected chi connectivity index (χ3v) is 4.46. The Morgan fingerprint density at radius 3 is 2.83 bits per heavy atom. The van der Waals surface area contributed by atoms with Crippen LogP contribution in [-0.4, -0.2) is 13.2 Å². The Hall–Kier alpha value is -1.02. The van der Waals surface area contributed by atoms with E-state index in [0.29, 0.717) is 12.1 Å². The minimum absolute atomic E-state index is 0.527. The number of rotatable bonds is 4. The van der Waals surface area contributed by atoms with E-state index in [1.807, 2.05) is 0 Å². The average molecular weight is 245 g/mol. The fraction of sp³-hybridized carbons (Fsp3) is 0.625. The lowest BCUT2D eigenvalue weighted by molar-refractivity contribution is 0.379. The van der Waals surface area contributed by atoms with Crippen molar-refractivity contribution in [3.05, 3.63) is 29.3 Å². The summed E-state index contributed by atoms with van der Waals surface area (Å²) >= 11 is 0. The number of nitrogens with one attached hydrogen (secondary N) is 1. The molecule has 2 aliphatic carbocycles. The van der Waals surface area contributed by atoms with Gasteiger partial charge in [-0.2, -0.15) is 0 Å². The van der Waals surface area contributed by atoms with Crippen molar-refractivity contribution in [1.29, 1.82) is 0 Å². The highest BCUT2D eigenvalue weighted by molar-refractivity contribution is 5.39. The summed E-state index contributed by atoms with van der Waals surface area (Å²) in [5.41, 5.74) is 2.97. The predicted octanol–water partition coefficient (Wildman–Crippen LogP) is 3.46. The van der Waals surface area contributed by atoms with Crippen molar-refractivity contribution in [3.8, 4) is 5.75 Å². The minimum Gasteiger partial charge on any atom is -0.497 e. The topological polar surface area (TPSA) is 21.3 Å². The molecule has 0 saturated heterocycles. The molecule has 18 heavy (non-hydrogen) atoms. The molecule has 2 heteroatoms. The molecule has 0 aromatic heterocycles. The van der Waals surface area contributed by atoms with Crippen LogP contribution in [0.1, 0.15) is 49.8 Å². The van der Waals surface area contributed by atoms with Crippen molar-refractivity contribution in [2.45, 2.75) is 51.1 Å². The van der Waals surface area contributed by atoms with Crippen molar-refractivity contribution in [1.82, 2.24) is 5.32 Å². The molecule has 0 spiro atoms. The Kier molecular flexibility index (Phi) is 3.29. The van der Waals surface area contributed by atoms with Crippen molar-refractivity contribution in [2.75, 3.05) is 7.11 Å². The molecule has 2 atom stereocenters. The zero-order valence-corrected chi connectivity index (χ0v) is 11.4. The van der Waals surface area contributed by atoms with E-state index in [-0.39, 0.29) is 0 Å². The number of hydrogen-bond acceptors (Lipinski definition) is 2. The molecule has 2 unspecified atom stereocenters. The average Bonchev–Trinajstić information content (AvgIpc) is 3.23. The number of hydrogen-bond donors (Lipinski definition) is 1. The van der Waals surface area contributed by atoms with Gasteiger partial charge in [0.15, 0.2) is 0 Å². The lowest BCUT2D eigenvalue weighted by atomic mass is 9.87. The van der Waals surface area contributed by atoms with Gasteiger partial charge < -0.3 is 10.1 Å². The second-order valence-corrected chi connectivity index (χ2v) is 5.80. The van der Waals surface area contributed by atoms with Gasteiger partial charge in [0.2, 0.25) is 0 Å². The summed E-state index contributed by atoms with van der Waals surface area (Å²) in [6.45, 7) is 2.34. The Morgan fingerprint density at radius 1 is 1.28 bits per heavy atom. The predicted molar refractivity (Wildman–Crippen MR) is 74.0 cm³/mol. The summed E-state index contributed by atoms with van der Waals surface area (Å²) < 4.78 is 5.37. The highest BCUT2D eigenvalue weighted by Crippen LogP contribution is 2.37. The first-order valence-electron chi connectivity index (χ1n) is 7.21. The van der Waals surface area contributed by atoms with E-state index in [0.717, 1.165) is 11.7 Å². The number of ether oxygens (including phenoxy) is 1. The van der Waals surface area contributed by atoms with E-state index in [9.17, 15) is 0 Å². The fourth-order valence-corrected chi connectivity index (χ4v) is 3.13. The van der Waals surface area contributed by atoms with E-state index < -0.39 is 0 Å². The lowest BCUT2D eigenvalue weighted by Crippen LogP contribution is -2.34. The number of benzene rings is 1. The normalized spacial score (nSPS) is 24.4. The molecule has 0 aliphatic heterocycles. The highest BCUT2D eigenvalue weighted by Gasteiger charge is 2.30. The first-order chi connectivity index (χ1) is 8.78. The van der Waals surface area contributed by atoms with Crippen LogP contribution in [0.5, 0.6) is 5.75 Å². The fourth-order valence-electron chi connectivity index (χ4n) is 3.13. The van der Waals surface area contributed by atoms with Gasteiger partial charge in [0.1, 0.15) is 5.75 Å². The Morgan fingerprint density at radius 2 is 2.11 bits per heavy atom. The standard InChI is InChI=1S/C16H23NO/c1-11(12-6-7-12)17-16-5-3-4-13-8-9-14(18-2)10-15(13)16/h8-12,16-17H,3-7H2,1-2H3.